The van der Waals surface area contributed by atoms with E-state index in [1.54, 1.807) is 16.4 Å². The van der Waals surface area contributed by atoms with Gasteiger partial charge in [0.15, 0.2) is 0 Å². The molecule has 0 aliphatic heterocycles. The predicted octanol–water partition coefficient (Wildman–Crippen LogP) is 2.69. The van der Waals surface area contributed by atoms with Crippen LogP contribution < -0.4 is 10.4 Å². The molecule has 0 aromatic heterocycles. The summed E-state index contributed by atoms with van der Waals surface area (Å²) < 4.78 is 2.80. The SMILES string of the molecule is BrC1=c2c(I)ccc3c2=C(CC1)CC3. The van der Waals surface area contributed by atoms with Crippen molar-refractivity contribution in [2.45, 2.75) is 25.7 Å². The number of benzene rings is 1. The van der Waals surface area contributed by atoms with Gasteiger partial charge in [-0.2, -0.15) is 0 Å². The third kappa shape index (κ3) is 1.23. The third-order valence-electron chi connectivity index (χ3n) is 3.21. The molecule has 3 rings (SSSR count). The van der Waals surface area contributed by atoms with Crippen molar-refractivity contribution in [3.8, 4) is 0 Å². The molecule has 0 bridgehead atoms. The first kappa shape index (κ1) is 9.40. The number of aryl methyl sites for hydroxylation is 1. The quantitative estimate of drug-likeness (QED) is 0.624. The van der Waals surface area contributed by atoms with Crippen LogP contribution in [-0.2, 0) is 6.42 Å². The summed E-state index contributed by atoms with van der Waals surface area (Å²) in [5.41, 5.74) is 3.25. The van der Waals surface area contributed by atoms with Gasteiger partial charge >= 0.3 is 0 Å². The van der Waals surface area contributed by atoms with Gasteiger partial charge in [0.25, 0.3) is 0 Å². The van der Waals surface area contributed by atoms with E-state index in [1.165, 1.54) is 39.0 Å². The Hall–Kier alpha value is 0.170. The summed E-state index contributed by atoms with van der Waals surface area (Å²) in [6.45, 7) is 0. The van der Waals surface area contributed by atoms with Gasteiger partial charge in [0, 0.05) is 13.3 Å². The minimum Gasteiger partial charge on any atom is -0.0613 e. The van der Waals surface area contributed by atoms with Crippen molar-refractivity contribution in [3.05, 3.63) is 31.7 Å². The largest absolute Gasteiger partial charge is 0.0613 e. The molecule has 0 saturated heterocycles. The average Bonchev–Trinajstić information content (AvgIpc) is 2.58. The van der Waals surface area contributed by atoms with E-state index in [0.29, 0.717) is 0 Å². The molecule has 2 aliphatic carbocycles. The predicted molar refractivity (Wildman–Crippen MR) is 71.7 cm³/mol. The van der Waals surface area contributed by atoms with E-state index in [2.05, 4.69) is 50.7 Å². The fraction of sp³-hybridized carbons (Fsp3) is 0.333. The lowest BCUT2D eigenvalue weighted by Crippen LogP contribution is -2.34. The fourth-order valence-corrected chi connectivity index (χ4v) is 4.30. The minimum absolute atomic E-state index is 1.20. The van der Waals surface area contributed by atoms with Gasteiger partial charge in [0.2, 0.25) is 0 Å². The van der Waals surface area contributed by atoms with Crippen LogP contribution in [0.2, 0.25) is 0 Å². The molecule has 72 valence electrons. The zero-order valence-corrected chi connectivity index (χ0v) is 11.5. The Morgan fingerprint density at radius 2 is 1.79 bits per heavy atom. The highest BCUT2D eigenvalue weighted by Gasteiger charge is 2.18. The van der Waals surface area contributed by atoms with E-state index in [1.807, 2.05) is 0 Å². The number of hydrogen-bond donors (Lipinski definition) is 0. The molecule has 0 radical (unpaired) electrons. The molecule has 0 nitrogen and oxygen atoms in total. The molecule has 0 fully saturated rings. The van der Waals surface area contributed by atoms with Crippen LogP contribution in [0.3, 0.4) is 0 Å². The maximum absolute atomic E-state index is 3.73. The van der Waals surface area contributed by atoms with Gasteiger partial charge in [-0.1, -0.05) is 27.6 Å². The Kier molecular flexibility index (Phi) is 2.24. The van der Waals surface area contributed by atoms with Gasteiger partial charge in [-0.05, 0) is 65.1 Å². The smallest absolute Gasteiger partial charge is 0.0217 e. The first-order chi connectivity index (χ1) is 6.77. The zero-order valence-electron chi connectivity index (χ0n) is 7.74. The fourth-order valence-electron chi connectivity index (χ4n) is 2.54. The summed E-state index contributed by atoms with van der Waals surface area (Å²) in [7, 11) is 0. The van der Waals surface area contributed by atoms with E-state index in [4.69, 9.17) is 0 Å². The van der Waals surface area contributed by atoms with Crippen molar-refractivity contribution >= 4 is 48.6 Å². The monoisotopic (exact) mass is 360 g/mol. The van der Waals surface area contributed by atoms with Crippen LogP contribution in [0, 0.1) is 3.57 Å². The number of rotatable bonds is 0. The molecule has 0 spiro atoms. The van der Waals surface area contributed by atoms with E-state index in [0.717, 1.165) is 0 Å². The summed E-state index contributed by atoms with van der Waals surface area (Å²) in [6.07, 6.45) is 5.01. The molecule has 14 heavy (non-hydrogen) atoms. The molecule has 0 atom stereocenters. The van der Waals surface area contributed by atoms with Crippen molar-refractivity contribution in [1.29, 1.82) is 0 Å². The zero-order chi connectivity index (χ0) is 9.71. The van der Waals surface area contributed by atoms with Crippen LogP contribution in [0.4, 0.5) is 0 Å². The molecule has 1 aromatic rings. The summed E-state index contributed by atoms with van der Waals surface area (Å²) in [5, 5.41) is 3.07. The van der Waals surface area contributed by atoms with Gasteiger partial charge in [-0.25, -0.2) is 0 Å². The highest BCUT2D eigenvalue weighted by molar-refractivity contribution is 14.1. The average molecular weight is 361 g/mol. The van der Waals surface area contributed by atoms with Crippen molar-refractivity contribution in [3.63, 3.8) is 0 Å². The second kappa shape index (κ2) is 3.34. The van der Waals surface area contributed by atoms with Crippen LogP contribution in [0.15, 0.2) is 12.1 Å². The Labute approximate surface area is 105 Å². The van der Waals surface area contributed by atoms with Gasteiger partial charge in [0.1, 0.15) is 0 Å². The van der Waals surface area contributed by atoms with Crippen LogP contribution in [0.25, 0.3) is 10.1 Å². The van der Waals surface area contributed by atoms with E-state index >= 15 is 0 Å². The van der Waals surface area contributed by atoms with Gasteiger partial charge < -0.3 is 0 Å². The summed E-state index contributed by atoms with van der Waals surface area (Å²) in [5.74, 6) is 0. The second-order valence-electron chi connectivity index (χ2n) is 3.96. The second-order valence-corrected chi connectivity index (χ2v) is 6.08. The highest BCUT2D eigenvalue weighted by atomic mass is 127. The van der Waals surface area contributed by atoms with Crippen molar-refractivity contribution in [1.82, 2.24) is 0 Å². The molecule has 0 heterocycles. The van der Waals surface area contributed by atoms with Crippen molar-refractivity contribution in [2.24, 2.45) is 0 Å². The van der Waals surface area contributed by atoms with Crippen LogP contribution in [0.1, 0.15) is 24.8 Å². The first-order valence-electron chi connectivity index (χ1n) is 4.95. The lowest BCUT2D eigenvalue weighted by atomic mass is 10.0. The molecular formula is C12H10BrI. The lowest BCUT2D eigenvalue weighted by molar-refractivity contribution is 0.987. The lowest BCUT2D eigenvalue weighted by Gasteiger charge is -2.10. The van der Waals surface area contributed by atoms with Crippen molar-refractivity contribution in [2.75, 3.05) is 0 Å². The maximum atomic E-state index is 3.73. The van der Waals surface area contributed by atoms with Gasteiger partial charge in [-0.15, -0.1) is 0 Å². The molecule has 0 N–H and O–H groups in total. The first-order valence-corrected chi connectivity index (χ1v) is 6.82. The summed E-state index contributed by atoms with van der Waals surface area (Å²) >= 11 is 6.17. The Morgan fingerprint density at radius 3 is 2.64 bits per heavy atom. The Bertz CT molecular complexity index is 528. The van der Waals surface area contributed by atoms with Crippen LogP contribution >= 0.6 is 38.5 Å². The third-order valence-corrected chi connectivity index (χ3v) is 4.90. The van der Waals surface area contributed by atoms with E-state index in [9.17, 15) is 0 Å². The molecule has 0 unspecified atom stereocenters. The summed E-state index contributed by atoms with van der Waals surface area (Å²) in [6, 6.07) is 4.56. The molecule has 0 saturated carbocycles. The van der Waals surface area contributed by atoms with E-state index in [-0.39, 0.29) is 0 Å². The topological polar surface area (TPSA) is 0 Å². The minimum atomic E-state index is 1.20. The molecule has 0 amide bonds. The normalized spacial score (nSPS) is 18.7. The molecule has 2 aliphatic rings. The van der Waals surface area contributed by atoms with E-state index < -0.39 is 0 Å². The highest BCUT2D eigenvalue weighted by Crippen LogP contribution is 2.26. The maximum Gasteiger partial charge on any atom is 0.0217 e. The van der Waals surface area contributed by atoms with Gasteiger partial charge in [0.05, 0.1) is 0 Å². The molecule has 2 heteroatoms. The summed E-state index contributed by atoms with van der Waals surface area (Å²) in [4.78, 5) is 0. The molecular weight excluding hydrogens is 351 g/mol. The standard InChI is InChI=1S/C12H10BrI/c13-9-5-3-7-1-2-8-4-6-10(14)12(9)11(7)8/h4,6H,1-3,5H2. The number of halogens is 2. The number of hydrogen-bond acceptors (Lipinski definition) is 0. The van der Waals surface area contributed by atoms with Crippen LogP contribution in [-0.4, -0.2) is 0 Å². The van der Waals surface area contributed by atoms with Gasteiger partial charge in [-0.3, -0.25) is 0 Å². The van der Waals surface area contributed by atoms with Crippen molar-refractivity contribution < 1.29 is 0 Å². The van der Waals surface area contributed by atoms with Crippen LogP contribution in [0.5, 0.6) is 0 Å². The Balaban J connectivity index is 2.60. The molecule has 1 aromatic carbocycles. The Morgan fingerprint density at radius 1 is 1.00 bits per heavy atom.